The minimum Gasteiger partial charge on any atom is -0.470 e. The van der Waals surface area contributed by atoms with Crippen LogP contribution in [-0.4, -0.2) is 26.9 Å². The molecule has 47 heavy (non-hydrogen) atoms. The molecule has 2 unspecified atom stereocenters. The fourth-order valence-electron chi connectivity index (χ4n) is 5.53. The van der Waals surface area contributed by atoms with Gasteiger partial charge in [0.1, 0.15) is 23.8 Å². The Morgan fingerprint density at radius 3 is 2.49 bits per heavy atom. The number of thiazole rings is 1. The number of aromatic nitrogens is 3. The topological polar surface area (TPSA) is 89.0 Å². The van der Waals surface area contributed by atoms with Crippen LogP contribution in [0.15, 0.2) is 79.5 Å². The first kappa shape index (κ1) is 34.0. The van der Waals surface area contributed by atoms with Gasteiger partial charge in [-0.2, -0.15) is 0 Å². The molecular weight excluding hydrogens is 610 g/mol. The predicted octanol–water partition coefficient (Wildman–Crippen LogP) is 9.36. The molecular formula is C38H44FN5O2S. The second-order valence-electron chi connectivity index (χ2n) is 11.9. The normalized spacial score (nSPS) is 14.6. The molecule has 0 bridgehead atoms. The average molecular weight is 654 g/mol. The van der Waals surface area contributed by atoms with Gasteiger partial charge in [0.05, 0.1) is 21.3 Å². The zero-order valence-electron chi connectivity index (χ0n) is 27.7. The molecule has 0 aliphatic heterocycles. The van der Waals surface area contributed by atoms with Crippen LogP contribution in [0.3, 0.4) is 0 Å². The highest BCUT2D eigenvalue weighted by atomic mass is 32.1. The summed E-state index contributed by atoms with van der Waals surface area (Å²) in [6.45, 7) is 12.2. The lowest BCUT2D eigenvalue weighted by Crippen LogP contribution is -2.41. The first-order chi connectivity index (χ1) is 22.8. The van der Waals surface area contributed by atoms with Crippen molar-refractivity contribution in [2.45, 2.75) is 90.7 Å². The number of rotatable bonds is 15. The second-order valence-corrected chi connectivity index (χ2v) is 12.9. The number of nitrogens with zero attached hydrogens (tertiary/aromatic N) is 3. The SMILES string of the molecule is C=C(c1ccccc1)c1cccc(F)c1NC(=O)C(CCC)N/C(=C\CC)OC(C)c1nc(C2CCC2)sc1-c1cnc(CC)nc1. The molecule has 2 aromatic carbocycles. The van der Waals surface area contributed by atoms with Crippen molar-refractivity contribution >= 4 is 28.5 Å². The maximum absolute atomic E-state index is 15.3. The van der Waals surface area contributed by atoms with Crippen LogP contribution >= 0.6 is 11.3 Å². The standard InChI is InChI=1S/C38H44FN5O2S/c1-6-14-31(37(45)43-35-29(20-13-21-30(35)39)24(4)26-16-10-9-11-17-26)42-33(15-7-2)46-25(5)34-36(28-22-40-32(8-3)41-23-28)47-38(44-34)27-18-12-19-27/h9-11,13,15-17,20-23,25,27,31,42H,4,6-8,12,14,18-19H2,1-3,5H3,(H,43,45)/b33-15+. The Morgan fingerprint density at radius 2 is 1.85 bits per heavy atom. The summed E-state index contributed by atoms with van der Waals surface area (Å²) in [5.74, 6) is 0.877. The number of para-hydroxylation sites is 1. The van der Waals surface area contributed by atoms with Gasteiger partial charge in [-0.25, -0.2) is 19.3 Å². The van der Waals surface area contributed by atoms with E-state index in [1.165, 1.54) is 12.5 Å². The van der Waals surface area contributed by atoms with Crippen LogP contribution in [0.5, 0.6) is 0 Å². The number of halogens is 1. The Bertz CT molecular complexity index is 1700. The van der Waals surface area contributed by atoms with Crippen molar-refractivity contribution in [2.24, 2.45) is 0 Å². The number of carbonyl (C=O) groups is 1. The first-order valence-electron chi connectivity index (χ1n) is 16.6. The van der Waals surface area contributed by atoms with Gasteiger partial charge >= 0.3 is 0 Å². The summed E-state index contributed by atoms with van der Waals surface area (Å²) in [6.07, 6.45) is 11.5. The molecule has 1 amide bonds. The number of benzene rings is 2. The number of aryl methyl sites for hydroxylation is 1. The molecule has 1 aliphatic rings. The van der Waals surface area contributed by atoms with E-state index >= 15 is 4.39 Å². The lowest BCUT2D eigenvalue weighted by molar-refractivity contribution is -0.118. The van der Waals surface area contributed by atoms with Crippen LogP contribution in [0.25, 0.3) is 16.0 Å². The molecule has 246 valence electrons. The minimum absolute atomic E-state index is 0.108. The molecule has 1 fully saturated rings. The van der Waals surface area contributed by atoms with Gasteiger partial charge in [0.2, 0.25) is 5.91 Å². The van der Waals surface area contributed by atoms with E-state index in [2.05, 4.69) is 27.2 Å². The minimum atomic E-state index is -0.669. The molecule has 5 rings (SSSR count). The monoisotopic (exact) mass is 653 g/mol. The lowest BCUT2D eigenvalue weighted by Gasteiger charge is -2.25. The van der Waals surface area contributed by atoms with Gasteiger partial charge in [-0.05, 0) is 55.9 Å². The second kappa shape index (κ2) is 16.0. The highest BCUT2D eigenvalue weighted by molar-refractivity contribution is 7.15. The van der Waals surface area contributed by atoms with E-state index in [9.17, 15) is 4.79 Å². The Labute approximate surface area is 281 Å². The van der Waals surface area contributed by atoms with Gasteiger partial charge in [0, 0.05) is 35.9 Å². The summed E-state index contributed by atoms with van der Waals surface area (Å²) >= 11 is 1.69. The van der Waals surface area contributed by atoms with Crippen LogP contribution in [0.2, 0.25) is 0 Å². The highest BCUT2D eigenvalue weighted by Crippen LogP contribution is 2.44. The van der Waals surface area contributed by atoms with Crippen molar-refractivity contribution in [1.82, 2.24) is 20.3 Å². The largest absolute Gasteiger partial charge is 0.470 e. The van der Waals surface area contributed by atoms with Crippen molar-refractivity contribution in [2.75, 3.05) is 5.32 Å². The van der Waals surface area contributed by atoms with Crippen molar-refractivity contribution in [3.63, 3.8) is 0 Å². The third kappa shape index (κ3) is 8.14. The van der Waals surface area contributed by atoms with Crippen molar-refractivity contribution in [3.05, 3.63) is 113 Å². The number of amides is 1. The maximum Gasteiger partial charge on any atom is 0.247 e. The van der Waals surface area contributed by atoms with Crippen LogP contribution in [0.4, 0.5) is 10.1 Å². The van der Waals surface area contributed by atoms with Gasteiger partial charge in [0.25, 0.3) is 0 Å². The number of nitrogens with one attached hydrogen (secondary N) is 2. The molecule has 0 radical (unpaired) electrons. The zero-order valence-corrected chi connectivity index (χ0v) is 28.5. The van der Waals surface area contributed by atoms with Crippen LogP contribution in [-0.2, 0) is 16.0 Å². The van der Waals surface area contributed by atoms with Gasteiger partial charge in [-0.3, -0.25) is 4.79 Å². The van der Waals surface area contributed by atoms with Crippen LogP contribution in [0.1, 0.15) is 106 Å². The third-order valence-corrected chi connectivity index (χ3v) is 9.69. The first-order valence-corrected chi connectivity index (χ1v) is 17.4. The third-order valence-electron chi connectivity index (χ3n) is 8.41. The molecule has 2 atom stereocenters. The van der Waals surface area contributed by atoms with Gasteiger partial charge < -0.3 is 15.4 Å². The van der Waals surface area contributed by atoms with Crippen molar-refractivity contribution < 1.29 is 13.9 Å². The van der Waals surface area contributed by atoms with Gasteiger partial charge in [-0.15, -0.1) is 11.3 Å². The molecule has 4 aromatic rings. The summed E-state index contributed by atoms with van der Waals surface area (Å²) < 4.78 is 21.8. The van der Waals surface area contributed by atoms with E-state index in [1.54, 1.807) is 23.5 Å². The summed E-state index contributed by atoms with van der Waals surface area (Å²) in [4.78, 5) is 29.0. The molecule has 1 aliphatic carbocycles. The molecule has 0 saturated heterocycles. The molecule has 2 aromatic heterocycles. The molecule has 9 heteroatoms. The summed E-state index contributed by atoms with van der Waals surface area (Å²) in [7, 11) is 0. The predicted molar refractivity (Wildman–Crippen MR) is 188 cm³/mol. The van der Waals surface area contributed by atoms with Crippen LogP contribution in [0, 0.1) is 5.82 Å². The Morgan fingerprint density at radius 1 is 1.11 bits per heavy atom. The number of carbonyl (C=O) groups excluding carboxylic acids is 1. The van der Waals surface area contributed by atoms with E-state index < -0.39 is 18.0 Å². The lowest BCUT2D eigenvalue weighted by atomic mass is 9.86. The molecule has 0 spiro atoms. The van der Waals surface area contributed by atoms with E-state index in [0.717, 1.165) is 58.2 Å². The summed E-state index contributed by atoms with van der Waals surface area (Å²) in [6, 6.07) is 13.6. The number of hydrogen-bond donors (Lipinski definition) is 2. The smallest absolute Gasteiger partial charge is 0.247 e. The highest BCUT2D eigenvalue weighted by Gasteiger charge is 2.29. The Balaban J connectivity index is 1.37. The van der Waals surface area contributed by atoms with E-state index in [0.29, 0.717) is 35.8 Å². The molecule has 2 heterocycles. The van der Waals surface area contributed by atoms with Crippen molar-refractivity contribution in [1.29, 1.82) is 0 Å². The fourth-order valence-corrected chi connectivity index (χ4v) is 6.82. The average Bonchev–Trinajstić information content (AvgIpc) is 3.49. The number of hydrogen-bond acceptors (Lipinski definition) is 7. The van der Waals surface area contributed by atoms with Gasteiger partial charge in [-0.1, -0.05) is 82.7 Å². The Kier molecular flexibility index (Phi) is 11.5. The molecule has 2 N–H and O–H groups in total. The van der Waals surface area contributed by atoms with Crippen molar-refractivity contribution in [3.8, 4) is 10.4 Å². The molecule has 1 saturated carbocycles. The summed E-state index contributed by atoms with van der Waals surface area (Å²) in [5, 5.41) is 7.32. The number of anilines is 1. The quantitative estimate of drug-likeness (QED) is 0.124. The maximum atomic E-state index is 15.3. The van der Waals surface area contributed by atoms with Crippen LogP contribution < -0.4 is 10.6 Å². The Hall–Kier alpha value is -4.37. The fraction of sp³-hybridized carbons (Fsp3) is 0.368. The zero-order chi connectivity index (χ0) is 33.3. The van der Waals surface area contributed by atoms with E-state index in [1.807, 2.05) is 76.5 Å². The number of ether oxygens (including phenoxy) is 1. The van der Waals surface area contributed by atoms with E-state index in [4.69, 9.17) is 9.72 Å². The van der Waals surface area contributed by atoms with E-state index in [-0.39, 0.29) is 11.6 Å². The molecule has 7 nitrogen and oxygen atoms in total. The summed E-state index contributed by atoms with van der Waals surface area (Å²) in [5.41, 5.74) is 3.87. The van der Waals surface area contributed by atoms with Gasteiger partial charge in [0.15, 0.2) is 5.88 Å². The number of allylic oxidation sites excluding steroid dienone is 1.